The van der Waals surface area contributed by atoms with Gasteiger partial charge in [-0.3, -0.25) is 14.6 Å². The van der Waals surface area contributed by atoms with Crippen molar-refractivity contribution in [2.75, 3.05) is 32.8 Å². The Morgan fingerprint density at radius 3 is 1.98 bits per heavy atom. The van der Waals surface area contributed by atoms with E-state index in [-0.39, 0.29) is 43.4 Å². The largest absolute Gasteiger partial charge is 0.479 e. The van der Waals surface area contributed by atoms with Gasteiger partial charge in [0, 0.05) is 61.9 Å². The van der Waals surface area contributed by atoms with Crippen LogP contribution in [0.4, 0.5) is 17.6 Å². The Bertz CT molecular complexity index is 1960. The molecule has 19 heteroatoms. The van der Waals surface area contributed by atoms with Gasteiger partial charge in [-0.25, -0.2) is 14.0 Å². The highest BCUT2D eigenvalue weighted by atomic mass is 32.2. The minimum Gasteiger partial charge on any atom is -0.479 e. The van der Waals surface area contributed by atoms with E-state index in [0.29, 0.717) is 35.3 Å². The Morgan fingerprint density at radius 2 is 1.47 bits per heavy atom. The van der Waals surface area contributed by atoms with Gasteiger partial charge in [0.15, 0.2) is 17.4 Å². The van der Waals surface area contributed by atoms with Crippen LogP contribution in [-0.2, 0) is 45.8 Å². The molecule has 2 aromatic carbocycles. The summed E-state index contributed by atoms with van der Waals surface area (Å²) in [5.41, 5.74) is 1.65. The molecule has 2 aromatic heterocycles. The lowest BCUT2D eigenvalue weighted by atomic mass is 10.1. The molecule has 2 unspecified atom stereocenters. The number of amides is 1. The van der Waals surface area contributed by atoms with Crippen LogP contribution in [0.1, 0.15) is 36.1 Å². The van der Waals surface area contributed by atoms with Crippen LogP contribution in [0.5, 0.6) is 0 Å². The first-order valence-electron chi connectivity index (χ1n) is 17.5. The van der Waals surface area contributed by atoms with Crippen molar-refractivity contribution in [3.63, 3.8) is 0 Å². The van der Waals surface area contributed by atoms with Crippen LogP contribution in [0.25, 0.3) is 11.3 Å². The maximum absolute atomic E-state index is 13.9. The highest BCUT2D eigenvalue weighted by molar-refractivity contribution is 7.98. The zero-order valence-electron chi connectivity index (χ0n) is 31.0. The maximum Gasteiger partial charge on any atom is 0.416 e. The number of halogens is 4. The van der Waals surface area contributed by atoms with Crippen LogP contribution in [0.3, 0.4) is 0 Å². The van der Waals surface area contributed by atoms with E-state index < -0.39 is 41.4 Å². The van der Waals surface area contributed by atoms with Crippen LogP contribution >= 0.6 is 11.8 Å². The minimum absolute atomic E-state index is 0.0888. The monoisotopic (exact) mass is 821 g/mol. The van der Waals surface area contributed by atoms with Crippen LogP contribution in [-0.4, -0.2) is 113 Å². The number of alkyl halides is 3. The van der Waals surface area contributed by atoms with Crippen molar-refractivity contribution in [3.8, 4) is 11.3 Å². The number of likely N-dealkylation sites (N-methyl/N-ethyl adjacent to an activating group) is 1. The third-order valence-electron chi connectivity index (χ3n) is 8.44. The van der Waals surface area contributed by atoms with E-state index in [1.807, 2.05) is 13.8 Å². The molecule has 0 aliphatic heterocycles. The van der Waals surface area contributed by atoms with Gasteiger partial charge in [-0.2, -0.15) is 18.2 Å². The average Bonchev–Trinajstić information content (AvgIpc) is 3.18. The molecule has 308 valence electrons. The number of thioether (sulfide) groups is 1. The van der Waals surface area contributed by atoms with Crippen molar-refractivity contribution in [3.05, 3.63) is 111 Å². The summed E-state index contributed by atoms with van der Waals surface area (Å²) in [6, 6.07) is 14.3. The molecule has 0 radical (unpaired) electrons. The predicted octanol–water partition coefficient (Wildman–Crippen LogP) is 3.54. The molecule has 0 bridgehead atoms. The van der Waals surface area contributed by atoms with Gasteiger partial charge < -0.3 is 39.9 Å². The number of aliphatic hydroxyl groups is 3. The fourth-order valence-electron chi connectivity index (χ4n) is 5.12. The second-order valence-electron chi connectivity index (χ2n) is 12.4. The van der Waals surface area contributed by atoms with E-state index in [9.17, 15) is 41.8 Å². The first kappa shape index (κ1) is 46.2. The lowest BCUT2D eigenvalue weighted by molar-refractivity contribution is -0.165. The zero-order chi connectivity index (χ0) is 42.3. The highest BCUT2D eigenvalue weighted by Gasteiger charge is 2.30. The molecule has 2 heterocycles. The summed E-state index contributed by atoms with van der Waals surface area (Å²) >= 11 is 1.25. The standard InChI is InChI=1S/C34H37F4N5O3S.C4H6O6/c1-3-41(4-2)16-17-42(20-25-7-14-30(39-19-25)26-8-10-28(11-9-26)34(36,37)38)31(45)22-43-21-27(15-18-44)32(46)40-33(43)47-23-24-5-12-29(35)13-6-24;5-1(3(7)8)2(6)4(9)10/h5-14,19,21,44H,3-4,15-18,20,22-23H2,1-2H3;1-2,5-6H,(H,7,8)(H,9,10). The van der Waals surface area contributed by atoms with Crippen molar-refractivity contribution in [1.82, 2.24) is 24.3 Å². The second-order valence-corrected chi connectivity index (χ2v) is 13.3. The molecule has 0 saturated heterocycles. The number of pyridine rings is 1. The van der Waals surface area contributed by atoms with Crippen LogP contribution in [0, 0.1) is 5.82 Å². The second kappa shape index (κ2) is 21.9. The highest BCUT2D eigenvalue weighted by Crippen LogP contribution is 2.30. The summed E-state index contributed by atoms with van der Waals surface area (Å²) in [6.07, 6.45) is -5.71. The molecule has 0 aliphatic rings. The van der Waals surface area contributed by atoms with E-state index >= 15 is 0 Å². The van der Waals surface area contributed by atoms with Gasteiger partial charge >= 0.3 is 18.1 Å². The van der Waals surface area contributed by atoms with Gasteiger partial charge in [0.2, 0.25) is 5.91 Å². The van der Waals surface area contributed by atoms with E-state index in [4.69, 9.17) is 20.4 Å². The van der Waals surface area contributed by atoms with Crippen molar-refractivity contribution in [1.29, 1.82) is 0 Å². The third kappa shape index (κ3) is 14.3. The average molecular weight is 822 g/mol. The number of aliphatic hydroxyl groups excluding tert-OH is 3. The maximum atomic E-state index is 13.9. The Morgan fingerprint density at radius 1 is 0.877 bits per heavy atom. The first-order chi connectivity index (χ1) is 27.0. The van der Waals surface area contributed by atoms with E-state index in [1.165, 1.54) is 36.0 Å². The zero-order valence-corrected chi connectivity index (χ0v) is 31.8. The van der Waals surface area contributed by atoms with E-state index in [2.05, 4.69) is 14.9 Å². The van der Waals surface area contributed by atoms with Gasteiger partial charge in [0.05, 0.1) is 11.3 Å². The Kier molecular flexibility index (Phi) is 17.8. The summed E-state index contributed by atoms with van der Waals surface area (Å²) in [4.78, 5) is 58.7. The number of aliphatic carboxylic acids is 2. The Hall–Kier alpha value is -5.21. The molecule has 4 aromatic rings. The summed E-state index contributed by atoms with van der Waals surface area (Å²) in [6.45, 7) is 6.59. The Labute approximate surface area is 329 Å². The third-order valence-corrected chi connectivity index (χ3v) is 9.50. The molecular formula is C38H43F4N5O9S. The first-order valence-corrected chi connectivity index (χ1v) is 18.5. The number of nitrogens with zero attached hydrogens (tertiary/aromatic N) is 5. The van der Waals surface area contributed by atoms with Crippen molar-refractivity contribution >= 4 is 29.6 Å². The normalized spacial score (nSPS) is 12.4. The molecule has 1 amide bonds. The number of carboxylic acids is 2. The molecule has 57 heavy (non-hydrogen) atoms. The van der Waals surface area contributed by atoms with E-state index in [1.54, 1.807) is 46.1 Å². The lowest BCUT2D eigenvalue weighted by Crippen LogP contribution is -2.40. The molecule has 4 rings (SSSR count). The van der Waals surface area contributed by atoms with Crippen molar-refractivity contribution in [2.24, 2.45) is 0 Å². The quantitative estimate of drug-likeness (QED) is 0.0554. The van der Waals surface area contributed by atoms with Crippen molar-refractivity contribution < 1.29 is 57.5 Å². The molecular weight excluding hydrogens is 779 g/mol. The van der Waals surface area contributed by atoms with Crippen LogP contribution in [0.15, 0.2) is 83.0 Å². The van der Waals surface area contributed by atoms with Gasteiger partial charge in [-0.15, -0.1) is 0 Å². The fourth-order valence-corrected chi connectivity index (χ4v) is 6.04. The number of hydrogen-bond donors (Lipinski definition) is 5. The van der Waals surface area contributed by atoms with Gasteiger partial charge in [0.25, 0.3) is 5.56 Å². The lowest BCUT2D eigenvalue weighted by Gasteiger charge is -2.27. The van der Waals surface area contributed by atoms with Crippen LogP contribution < -0.4 is 5.56 Å². The molecule has 0 aliphatic carbocycles. The molecule has 5 N–H and O–H groups in total. The summed E-state index contributed by atoms with van der Waals surface area (Å²) in [5.74, 6) is -3.73. The number of hydrogen-bond acceptors (Lipinski definition) is 11. The van der Waals surface area contributed by atoms with Gasteiger partial charge in [0.1, 0.15) is 12.4 Å². The molecule has 0 saturated carbocycles. The van der Waals surface area contributed by atoms with Gasteiger partial charge in [-0.1, -0.05) is 55.9 Å². The summed E-state index contributed by atoms with van der Waals surface area (Å²) < 4.78 is 53.9. The molecule has 0 fully saturated rings. The number of carbonyl (C=O) groups excluding carboxylic acids is 1. The number of carbonyl (C=O) groups is 3. The molecule has 2 atom stereocenters. The number of benzene rings is 2. The number of carboxylic acid groups (broad SMARTS) is 2. The molecule has 0 spiro atoms. The van der Waals surface area contributed by atoms with Crippen molar-refractivity contribution in [2.45, 2.75) is 62.7 Å². The minimum atomic E-state index is -4.43. The topological polar surface area (TPSA) is 207 Å². The number of aromatic nitrogens is 3. The molecule has 14 nitrogen and oxygen atoms in total. The SMILES string of the molecule is CCN(CC)CCN(Cc1ccc(-c2ccc(C(F)(F)F)cc2)nc1)C(=O)Cn1cc(CCO)c(=O)nc1SCc1ccc(F)cc1.O=C(O)C(O)C(O)C(=O)O. The summed E-state index contributed by atoms with van der Waals surface area (Å²) in [5, 5.41) is 42.3. The van der Waals surface area contributed by atoms with Gasteiger partial charge in [-0.05, 0) is 54.5 Å². The number of rotatable bonds is 18. The fraction of sp³-hybridized carbons (Fsp3) is 0.368. The summed E-state index contributed by atoms with van der Waals surface area (Å²) in [7, 11) is 0. The van der Waals surface area contributed by atoms with E-state index in [0.717, 1.165) is 36.3 Å². The smallest absolute Gasteiger partial charge is 0.416 e. The Balaban J connectivity index is 0.000000766. The van der Waals surface area contributed by atoms with Crippen LogP contribution in [0.2, 0.25) is 0 Å². The predicted molar refractivity (Wildman–Crippen MR) is 200 cm³/mol.